The third kappa shape index (κ3) is 2.59. The van der Waals surface area contributed by atoms with Crippen LogP contribution in [0.2, 0.25) is 0 Å². The minimum absolute atomic E-state index is 0.00622. The van der Waals surface area contributed by atoms with Crippen molar-refractivity contribution in [1.29, 1.82) is 0 Å². The number of anilines is 1. The molecule has 2 heterocycles. The van der Waals surface area contributed by atoms with E-state index < -0.39 is 0 Å². The Labute approximate surface area is 103 Å². The third-order valence-electron chi connectivity index (χ3n) is 2.65. The van der Waals surface area contributed by atoms with Crippen molar-refractivity contribution in [2.75, 3.05) is 11.9 Å². The van der Waals surface area contributed by atoms with Gasteiger partial charge in [0.05, 0.1) is 11.7 Å². The van der Waals surface area contributed by atoms with Crippen molar-refractivity contribution in [3.05, 3.63) is 22.3 Å². The average Bonchev–Trinajstić information content (AvgIpc) is 2.77. The monoisotopic (exact) mass is 283 g/mol. The van der Waals surface area contributed by atoms with Crippen molar-refractivity contribution in [1.82, 2.24) is 10.3 Å². The molecule has 2 N–H and O–H groups in total. The van der Waals surface area contributed by atoms with Crippen LogP contribution in [0.15, 0.2) is 16.6 Å². The lowest BCUT2D eigenvalue weighted by atomic mass is 10.2. The Bertz CT molecular complexity index is 402. The first-order valence-electron chi connectivity index (χ1n) is 5.34. The topological polar surface area (TPSA) is 54.0 Å². The molecule has 1 aromatic heterocycles. The molecule has 0 aromatic carbocycles. The van der Waals surface area contributed by atoms with Gasteiger partial charge in [-0.15, -0.1) is 0 Å². The summed E-state index contributed by atoms with van der Waals surface area (Å²) in [5.74, 6) is 0.617. The molecule has 1 saturated heterocycles. The molecule has 0 radical (unpaired) electrons. The highest BCUT2D eigenvalue weighted by molar-refractivity contribution is 9.10. The summed E-state index contributed by atoms with van der Waals surface area (Å²) in [6.45, 7) is 2.82. The van der Waals surface area contributed by atoms with Gasteiger partial charge in [0.2, 0.25) is 5.91 Å². The number of carbonyl (C=O) groups is 1. The standard InChI is InChI=1S/C11H14BrN3O/c1-7-8(12)4-5-10(14-7)15-11(16)9-3-2-6-13-9/h4-5,9,13H,2-3,6H2,1H3,(H,14,15,16)/t9-/m0/s1. The van der Waals surface area contributed by atoms with Crippen LogP contribution in [0.25, 0.3) is 0 Å². The number of nitrogens with one attached hydrogen (secondary N) is 2. The van der Waals surface area contributed by atoms with Crippen LogP contribution in [-0.4, -0.2) is 23.5 Å². The van der Waals surface area contributed by atoms with Crippen LogP contribution < -0.4 is 10.6 Å². The van der Waals surface area contributed by atoms with E-state index in [1.54, 1.807) is 6.07 Å². The first kappa shape index (κ1) is 11.5. The van der Waals surface area contributed by atoms with Gasteiger partial charge < -0.3 is 10.6 Å². The summed E-state index contributed by atoms with van der Waals surface area (Å²) in [6.07, 6.45) is 1.96. The van der Waals surface area contributed by atoms with Gasteiger partial charge in [0.25, 0.3) is 0 Å². The van der Waals surface area contributed by atoms with Crippen LogP contribution in [-0.2, 0) is 4.79 Å². The zero-order chi connectivity index (χ0) is 11.5. The lowest BCUT2D eigenvalue weighted by Gasteiger charge is -2.11. The Kier molecular flexibility index (Phi) is 3.56. The van der Waals surface area contributed by atoms with Gasteiger partial charge in [0.1, 0.15) is 5.82 Å². The Balaban J connectivity index is 2.02. The maximum absolute atomic E-state index is 11.8. The van der Waals surface area contributed by atoms with Gasteiger partial charge >= 0.3 is 0 Å². The second-order valence-corrected chi connectivity index (χ2v) is 4.76. The van der Waals surface area contributed by atoms with Gasteiger partial charge in [-0.2, -0.15) is 0 Å². The molecule has 1 fully saturated rings. The number of aryl methyl sites for hydroxylation is 1. The predicted octanol–water partition coefficient (Wildman–Crippen LogP) is 1.84. The zero-order valence-corrected chi connectivity index (χ0v) is 10.7. The second kappa shape index (κ2) is 4.93. The molecule has 0 bridgehead atoms. The summed E-state index contributed by atoms with van der Waals surface area (Å²) in [6, 6.07) is 3.62. The number of amides is 1. The molecular formula is C11H14BrN3O. The molecular weight excluding hydrogens is 270 g/mol. The van der Waals surface area contributed by atoms with Crippen LogP contribution in [0.4, 0.5) is 5.82 Å². The van der Waals surface area contributed by atoms with E-state index in [-0.39, 0.29) is 11.9 Å². The third-order valence-corrected chi connectivity index (χ3v) is 3.49. The van der Waals surface area contributed by atoms with E-state index in [0.29, 0.717) is 5.82 Å². The lowest BCUT2D eigenvalue weighted by Crippen LogP contribution is -2.35. The van der Waals surface area contributed by atoms with Gasteiger partial charge in [-0.1, -0.05) is 0 Å². The summed E-state index contributed by atoms with van der Waals surface area (Å²) in [5.41, 5.74) is 0.872. The summed E-state index contributed by atoms with van der Waals surface area (Å²) in [7, 11) is 0. The van der Waals surface area contributed by atoms with Crippen molar-refractivity contribution in [2.45, 2.75) is 25.8 Å². The molecule has 4 nitrogen and oxygen atoms in total. The molecule has 1 aliphatic heterocycles. The van der Waals surface area contributed by atoms with Gasteiger partial charge in [0.15, 0.2) is 0 Å². The largest absolute Gasteiger partial charge is 0.309 e. The minimum atomic E-state index is -0.0641. The van der Waals surface area contributed by atoms with Gasteiger partial charge in [-0.05, 0) is 54.4 Å². The van der Waals surface area contributed by atoms with Crippen LogP contribution in [0, 0.1) is 6.92 Å². The quantitative estimate of drug-likeness (QED) is 0.871. The second-order valence-electron chi connectivity index (χ2n) is 3.90. The van der Waals surface area contributed by atoms with E-state index in [0.717, 1.165) is 29.6 Å². The summed E-state index contributed by atoms with van der Waals surface area (Å²) in [4.78, 5) is 16.1. The molecule has 1 amide bonds. The highest BCUT2D eigenvalue weighted by Crippen LogP contribution is 2.16. The van der Waals surface area contributed by atoms with Crippen molar-refractivity contribution >= 4 is 27.7 Å². The summed E-state index contributed by atoms with van der Waals surface area (Å²) >= 11 is 3.37. The number of rotatable bonds is 2. The molecule has 0 aliphatic carbocycles. The molecule has 16 heavy (non-hydrogen) atoms. The van der Waals surface area contributed by atoms with Crippen LogP contribution in [0.3, 0.4) is 0 Å². The average molecular weight is 284 g/mol. The SMILES string of the molecule is Cc1nc(NC(=O)[C@@H]2CCCN2)ccc1Br. The zero-order valence-electron chi connectivity index (χ0n) is 9.09. The fourth-order valence-corrected chi connectivity index (χ4v) is 1.96. The van der Waals surface area contributed by atoms with Crippen LogP contribution in [0.1, 0.15) is 18.5 Å². The number of halogens is 1. The maximum atomic E-state index is 11.8. The fourth-order valence-electron chi connectivity index (χ4n) is 1.74. The highest BCUT2D eigenvalue weighted by atomic mass is 79.9. The molecule has 2 rings (SSSR count). The summed E-state index contributed by atoms with van der Waals surface area (Å²) < 4.78 is 0.949. The van der Waals surface area contributed by atoms with Crippen LogP contribution >= 0.6 is 15.9 Å². The normalized spacial score (nSPS) is 19.8. The van der Waals surface area contributed by atoms with Gasteiger partial charge in [-0.3, -0.25) is 4.79 Å². The molecule has 1 atom stereocenters. The van der Waals surface area contributed by atoms with E-state index in [1.807, 2.05) is 13.0 Å². The van der Waals surface area contributed by atoms with E-state index in [4.69, 9.17) is 0 Å². The molecule has 1 aromatic rings. The van der Waals surface area contributed by atoms with Crippen molar-refractivity contribution in [2.24, 2.45) is 0 Å². The Morgan fingerprint density at radius 2 is 2.44 bits per heavy atom. The van der Waals surface area contributed by atoms with Crippen molar-refractivity contribution in [3.8, 4) is 0 Å². The lowest BCUT2D eigenvalue weighted by molar-refractivity contribution is -0.117. The smallest absolute Gasteiger partial charge is 0.242 e. The van der Waals surface area contributed by atoms with Crippen molar-refractivity contribution in [3.63, 3.8) is 0 Å². The van der Waals surface area contributed by atoms with E-state index in [2.05, 4.69) is 31.5 Å². The number of aromatic nitrogens is 1. The first-order valence-corrected chi connectivity index (χ1v) is 6.13. The van der Waals surface area contributed by atoms with Gasteiger partial charge in [0, 0.05) is 4.47 Å². The molecule has 0 saturated carbocycles. The number of carbonyl (C=O) groups excluding carboxylic acids is 1. The first-order chi connectivity index (χ1) is 7.66. The number of pyridine rings is 1. The molecule has 1 aliphatic rings. The number of hydrogen-bond acceptors (Lipinski definition) is 3. The van der Waals surface area contributed by atoms with Gasteiger partial charge in [-0.25, -0.2) is 4.98 Å². The van der Waals surface area contributed by atoms with Crippen molar-refractivity contribution < 1.29 is 4.79 Å². The number of hydrogen-bond donors (Lipinski definition) is 2. The predicted molar refractivity (Wildman–Crippen MR) is 66.3 cm³/mol. The highest BCUT2D eigenvalue weighted by Gasteiger charge is 2.22. The van der Waals surface area contributed by atoms with E-state index in [9.17, 15) is 4.79 Å². The Morgan fingerprint density at radius 1 is 1.62 bits per heavy atom. The molecule has 0 spiro atoms. The number of nitrogens with zero attached hydrogens (tertiary/aromatic N) is 1. The Hall–Kier alpha value is -0.940. The molecule has 86 valence electrons. The van der Waals surface area contributed by atoms with E-state index in [1.165, 1.54) is 0 Å². The molecule has 0 unspecified atom stereocenters. The Morgan fingerprint density at radius 3 is 3.06 bits per heavy atom. The molecule has 5 heteroatoms. The maximum Gasteiger partial charge on any atom is 0.242 e. The van der Waals surface area contributed by atoms with E-state index >= 15 is 0 Å². The summed E-state index contributed by atoms with van der Waals surface area (Å²) in [5, 5.41) is 5.97. The van der Waals surface area contributed by atoms with Crippen LogP contribution in [0.5, 0.6) is 0 Å². The minimum Gasteiger partial charge on any atom is -0.309 e. The fraction of sp³-hybridized carbons (Fsp3) is 0.455.